The van der Waals surface area contributed by atoms with Crippen molar-refractivity contribution in [2.24, 2.45) is 0 Å². The number of aryl methyl sites for hydroxylation is 2. The SMILES string of the molecule is Cc1cc(C)cc(NC(=O)OC(C)c2nnc(-c3ccccc3)nn2)c1. The number of hydrogen-bond acceptors (Lipinski definition) is 6. The minimum Gasteiger partial charge on any atom is -0.438 e. The maximum atomic E-state index is 12.1. The van der Waals surface area contributed by atoms with Gasteiger partial charge in [-0.15, -0.1) is 20.4 Å². The van der Waals surface area contributed by atoms with Crippen molar-refractivity contribution >= 4 is 11.8 Å². The summed E-state index contributed by atoms with van der Waals surface area (Å²) in [5.74, 6) is 0.654. The first-order chi connectivity index (χ1) is 12.5. The van der Waals surface area contributed by atoms with Crippen molar-refractivity contribution < 1.29 is 9.53 Å². The average Bonchev–Trinajstić information content (AvgIpc) is 2.61. The topological polar surface area (TPSA) is 89.9 Å². The van der Waals surface area contributed by atoms with Crippen molar-refractivity contribution in [3.05, 3.63) is 65.5 Å². The van der Waals surface area contributed by atoms with Crippen LogP contribution in [0.4, 0.5) is 10.5 Å². The van der Waals surface area contributed by atoms with Crippen LogP contribution in [0.15, 0.2) is 48.5 Å². The Bertz CT molecular complexity index is 877. The molecule has 0 saturated carbocycles. The third-order valence-corrected chi connectivity index (χ3v) is 3.64. The normalized spacial score (nSPS) is 11.7. The van der Waals surface area contributed by atoms with Gasteiger partial charge in [-0.1, -0.05) is 36.4 Å². The van der Waals surface area contributed by atoms with Gasteiger partial charge in [-0.05, 0) is 44.0 Å². The lowest BCUT2D eigenvalue weighted by molar-refractivity contribution is 0.115. The van der Waals surface area contributed by atoms with E-state index in [0.29, 0.717) is 11.5 Å². The Morgan fingerprint density at radius 1 is 0.962 bits per heavy atom. The highest BCUT2D eigenvalue weighted by atomic mass is 16.6. The maximum Gasteiger partial charge on any atom is 0.412 e. The molecule has 7 heteroatoms. The van der Waals surface area contributed by atoms with E-state index in [4.69, 9.17) is 4.74 Å². The maximum absolute atomic E-state index is 12.1. The first kappa shape index (κ1) is 17.5. The van der Waals surface area contributed by atoms with Gasteiger partial charge in [0.05, 0.1) is 0 Å². The molecule has 1 atom stereocenters. The third-order valence-electron chi connectivity index (χ3n) is 3.64. The van der Waals surface area contributed by atoms with Crippen LogP contribution in [0.3, 0.4) is 0 Å². The van der Waals surface area contributed by atoms with Crippen molar-refractivity contribution in [2.75, 3.05) is 5.32 Å². The van der Waals surface area contributed by atoms with Crippen molar-refractivity contribution in [2.45, 2.75) is 26.9 Å². The number of aromatic nitrogens is 4. The molecular weight excluding hydrogens is 330 g/mol. The quantitative estimate of drug-likeness (QED) is 0.769. The van der Waals surface area contributed by atoms with E-state index in [-0.39, 0.29) is 5.82 Å². The molecule has 0 spiro atoms. The molecule has 1 aromatic heterocycles. The van der Waals surface area contributed by atoms with E-state index in [2.05, 4.69) is 25.7 Å². The Labute approximate surface area is 151 Å². The number of ether oxygens (including phenoxy) is 1. The predicted molar refractivity (Wildman–Crippen MR) is 97.5 cm³/mol. The fraction of sp³-hybridized carbons (Fsp3) is 0.211. The highest BCUT2D eigenvalue weighted by molar-refractivity contribution is 5.85. The molecule has 0 aliphatic rings. The molecule has 1 heterocycles. The van der Waals surface area contributed by atoms with E-state index < -0.39 is 12.2 Å². The number of carbonyl (C=O) groups excluding carboxylic acids is 1. The van der Waals surface area contributed by atoms with Crippen LogP contribution in [0.5, 0.6) is 0 Å². The molecule has 3 aromatic rings. The predicted octanol–water partition coefficient (Wildman–Crippen LogP) is 3.86. The van der Waals surface area contributed by atoms with Gasteiger partial charge in [0.1, 0.15) is 0 Å². The molecular formula is C19H19N5O2. The summed E-state index contributed by atoms with van der Waals surface area (Å²) in [5, 5.41) is 18.8. The number of amides is 1. The summed E-state index contributed by atoms with van der Waals surface area (Å²) in [6, 6.07) is 15.2. The summed E-state index contributed by atoms with van der Waals surface area (Å²) in [7, 11) is 0. The monoisotopic (exact) mass is 349 g/mol. The van der Waals surface area contributed by atoms with Gasteiger partial charge in [-0.2, -0.15) is 0 Å². The number of benzene rings is 2. The Hall–Kier alpha value is -3.35. The van der Waals surface area contributed by atoms with Gasteiger partial charge in [0.15, 0.2) is 6.10 Å². The van der Waals surface area contributed by atoms with Crippen LogP contribution in [0.2, 0.25) is 0 Å². The number of carbonyl (C=O) groups is 1. The number of nitrogens with one attached hydrogen (secondary N) is 1. The van der Waals surface area contributed by atoms with Gasteiger partial charge < -0.3 is 4.74 Å². The smallest absolute Gasteiger partial charge is 0.412 e. The molecule has 1 amide bonds. The van der Waals surface area contributed by atoms with E-state index in [0.717, 1.165) is 16.7 Å². The zero-order valence-corrected chi connectivity index (χ0v) is 14.8. The number of hydrogen-bond donors (Lipinski definition) is 1. The van der Waals surface area contributed by atoms with E-state index in [1.54, 1.807) is 6.92 Å². The van der Waals surface area contributed by atoms with Crippen molar-refractivity contribution in [3.8, 4) is 11.4 Å². The van der Waals surface area contributed by atoms with Crippen molar-refractivity contribution in [1.82, 2.24) is 20.4 Å². The van der Waals surface area contributed by atoms with Crippen LogP contribution >= 0.6 is 0 Å². The summed E-state index contributed by atoms with van der Waals surface area (Å²) in [6.45, 7) is 5.60. The lowest BCUT2D eigenvalue weighted by Crippen LogP contribution is -2.18. The second kappa shape index (κ2) is 7.69. The van der Waals surface area contributed by atoms with Gasteiger partial charge in [0.2, 0.25) is 11.6 Å². The van der Waals surface area contributed by atoms with Gasteiger partial charge in [-0.25, -0.2) is 4.79 Å². The first-order valence-electron chi connectivity index (χ1n) is 8.20. The molecule has 1 N–H and O–H groups in total. The fourth-order valence-corrected chi connectivity index (χ4v) is 2.51. The second-order valence-electron chi connectivity index (χ2n) is 6.00. The lowest BCUT2D eigenvalue weighted by atomic mass is 10.1. The minimum absolute atomic E-state index is 0.236. The van der Waals surface area contributed by atoms with Gasteiger partial charge in [-0.3, -0.25) is 5.32 Å². The molecule has 0 aliphatic heterocycles. The number of nitrogens with zero attached hydrogens (tertiary/aromatic N) is 4. The van der Waals surface area contributed by atoms with Crippen LogP contribution in [-0.4, -0.2) is 26.5 Å². The molecule has 0 saturated heterocycles. The van der Waals surface area contributed by atoms with Crippen LogP contribution in [0.1, 0.15) is 30.0 Å². The van der Waals surface area contributed by atoms with Crippen molar-refractivity contribution in [1.29, 1.82) is 0 Å². The fourth-order valence-electron chi connectivity index (χ4n) is 2.51. The van der Waals surface area contributed by atoms with Crippen LogP contribution in [0, 0.1) is 13.8 Å². The average molecular weight is 349 g/mol. The van der Waals surface area contributed by atoms with Gasteiger partial charge in [0, 0.05) is 11.3 Å². The highest BCUT2D eigenvalue weighted by Crippen LogP contribution is 2.17. The van der Waals surface area contributed by atoms with Crippen LogP contribution < -0.4 is 5.32 Å². The third kappa shape index (κ3) is 4.38. The lowest BCUT2D eigenvalue weighted by Gasteiger charge is -2.12. The Morgan fingerprint density at radius 3 is 2.19 bits per heavy atom. The Morgan fingerprint density at radius 2 is 1.58 bits per heavy atom. The molecule has 2 aromatic carbocycles. The van der Waals surface area contributed by atoms with Gasteiger partial charge in [0.25, 0.3) is 0 Å². The van der Waals surface area contributed by atoms with Crippen molar-refractivity contribution in [3.63, 3.8) is 0 Å². The molecule has 0 aliphatic carbocycles. The largest absolute Gasteiger partial charge is 0.438 e. The highest BCUT2D eigenvalue weighted by Gasteiger charge is 2.16. The molecule has 0 fully saturated rings. The van der Waals surface area contributed by atoms with Crippen LogP contribution in [0.25, 0.3) is 11.4 Å². The summed E-state index contributed by atoms with van der Waals surface area (Å²) in [4.78, 5) is 12.1. The molecule has 0 bridgehead atoms. The molecule has 1 unspecified atom stereocenters. The minimum atomic E-state index is -0.675. The molecule has 132 valence electrons. The summed E-state index contributed by atoms with van der Waals surface area (Å²) in [5.41, 5.74) is 3.61. The van der Waals surface area contributed by atoms with E-state index >= 15 is 0 Å². The zero-order chi connectivity index (χ0) is 18.5. The van der Waals surface area contributed by atoms with E-state index in [1.807, 2.05) is 62.4 Å². The standard InChI is InChI=1S/C19H19N5O2/c1-12-9-13(2)11-16(10-12)20-19(25)26-14(3)17-21-23-18(24-22-17)15-7-5-4-6-8-15/h4-11,14H,1-3H3,(H,20,25). The first-order valence-corrected chi connectivity index (χ1v) is 8.20. The summed E-state index contributed by atoms with van der Waals surface area (Å²) in [6.07, 6.45) is -1.26. The summed E-state index contributed by atoms with van der Waals surface area (Å²) < 4.78 is 5.31. The second-order valence-corrected chi connectivity index (χ2v) is 6.00. The Balaban J connectivity index is 1.64. The van der Waals surface area contributed by atoms with Gasteiger partial charge >= 0.3 is 6.09 Å². The molecule has 3 rings (SSSR count). The van der Waals surface area contributed by atoms with E-state index in [9.17, 15) is 4.79 Å². The molecule has 0 radical (unpaired) electrons. The Kier molecular flexibility index (Phi) is 5.17. The zero-order valence-electron chi connectivity index (χ0n) is 14.8. The van der Waals surface area contributed by atoms with E-state index in [1.165, 1.54) is 0 Å². The summed E-state index contributed by atoms with van der Waals surface area (Å²) >= 11 is 0. The molecule has 26 heavy (non-hydrogen) atoms. The van der Waals surface area contributed by atoms with Crippen LogP contribution in [-0.2, 0) is 4.74 Å². The number of rotatable bonds is 4. The number of anilines is 1. The molecule has 7 nitrogen and oxygen atoms in total.